The van der Waals surface area contributed by atoms with E-state index in [4.69, 9.17) is 5.11 Å². The molecule has 6 heteroatoms. The number of amides is 1. The Morgan fingerprint density at radius 2 is 2.15 bits per heavy atom. The Hall–Kier alpha value is -1.14. The number of hydrogen-bond acceptors (Lipinski definition) is 4. The molecule has 0 saturated heterocycles. The molecule has 0 aliphatic carbocycles. The third-order valence-corrected chi connectivity index (χ3v) is 1.30. The van der Waals surface area contributed by atoms with Gasteiger partial charge in [0.05, 0.1) is 13.2 Å². The summed E-state index contributed by atoms with van der Waals surface area (Å²) >= 11 is 0. The quantitative estimate of drug-likeness (QED) is 0.470. The second-order valence-electron chi connectivity index (χ2n) is 2.44. The highest BCUT2D eigenvalue weighted by atomic mass is 16.5. The first-order valence-electron chi connectivity index (χ1n) is 3.77. The highest BCUT2D eigenvalue weighted by Crippen LogP contribution is 1.84. The van der Waals surface area contributed by atoms with E-state index in [1.807, 2.05) is 0 Å². The molecule has 0 spiro atoms. The Morgan fingerprint density at radius 1 is 1.54 bits per heavy atom. The van der Waals surface area contributed by atoms with E-state index in [1.54, 1.807) is 7.05 Å². The lowest BCUT2D eigenvalue weighted by molar-refractivity contribution is -0.143. The highest BCUT2D eigenvalue weighted by Gasteiger charge is 2.18. The fourth-order valence-corrected chi connectivity index (χ4v) is 0.747. The Balaban J connectivity index is 3.94. The number of methoxy groups -OCH3 is 1. The first-order chi connectivity index (χ1) is 6.11. The number of aliphatic carboxylic acids is 1. The number of rotatable bonds is 6. The number of carbonyl (C=O) groups is 2. The minimum Gasteiger partial charge on any atom is -0.480 e. The molecule has 0 rings (SSSR count). The molecule has 0 radical (unpaired) electrons. The van der Waals surface area contributed by atoms with Crippen LogP contribution in [0.25, 0.3) is 0 Å². The molecule has 0 aromatic rings. The fourth-order valence-electron chi connectivity index (χ4n) is 0.747. The summed E-state index contributed by atoms with van der Waals surface area (Å²) in [7, 11) is 2.98. The van der Waals surface area contributed by atoms with Crippen LogP contribution in [0.3, 0.4) is 0 Å². The van der Waals surface area contributed by atoms with E-state index < -0.39 is 12.0 Å². The van der Waals surface area contributed by atoms with Crippen molar-refractivity contribution in [2.24, 2.45) is 0 Å². The Bertz CT molecular complexity index is 183. The molecule has 0 aromatic carbocycles. The van der Waals surface area contributed by atoms with Crippen molar-refractivity contribution in [2.45, 2.75) is 6.04 Å². The second kappa shape index (κ2) is 6.38. The summed E-state index contributed by atoms with van der Waals surface area (Å²) in [6.07, 6.45) is 0. The molecule has 76 valence electrons. The van der Waals surface area contributed by atoms with Crippen molar-refractivity contribution in [1.29, 1.82) is 0 Å². The van der Waals surface area contributed by atoms with E-state index in [9.17, 15) is 9.59 Å². The molecule has 1 amide bonds. The van der Waals surface area contributed by atoms with Crippen LogP contribution in [0.5, 0.6) is 0 Å². The maximum absolute atomic E-state index is 10.9. The Morgan fingerprint density at radius 3 is 2.54 bits per heavy atom. The van der Waals surface area contributed by atoms with Gasteiger partial charge in [0.1, 0.15) is 0 Å². The molecule has 0 heterocycles. The topological polar surface area (TPSA) is 87.7 Å². The van der Waals surface area contributed by atoms with Crippen molar-refractivity contribution in [3.05, 3.63) is 0 Å². The molecule has 0 saturated carbocycles. The largest absolute Gasteiger partial charge is 0.480 e. The van der Waals surface area contributed by atoms with Crippen LogP contribution in [0.1, 0.15) is 0 Å². The first-order valence-corrected chi connectivity index (χ1v) is 3.77. The summed E-state index contributed by atoms with van der Waals surface area (Å²) in [5.74, 6) is -1.47. The first kappa shape index (κ1) is 11.9. The van der Waals surface area contributed by atoms with Crippen molar-refractivity contribution in [3.63, 3.8) is 0 Å². The van der Waals surface area contributed by atoms with Gasteiger partial charge in [-0.3, -0.25) is 4.79 Å². The summed E-state index contributed by atoms with van der Waals surface area (Å²) in [4.78, 5) is 21.5. The molecule has 1 atom stereocenters. The van der Waals surface area contributed by atoms with Gasteiger partial charge >= 0.3 is 5.97 Å². The van der Waals surface area contributed by atoms with Gasteiger partial charge < -0.3 is 20.5 Å². The average Bonchev–Trinajstić information content (AvgIpc) is 2.04. The Labute approximate surface area is 76.3 Å². The van der Waals surface area contributed by atoms with E-state index >= 15 is 0 Å². The maximum Gasteiger partial charge on any atom is 0.328 e. The molecular weight excluding hydrogens is 176 g/mol. The zero-order valence-corrected chi connectivity index (χ0v) is 7.66. The summed E-state index contributed by atoms with van der Waals surface area (Å²) < 4.78 is 4.63. The summed E-state index contributed by atoms with van der Waals surface area (Å²) in [5.41, 5.74) is 0. The molecule has 0 fully saturated rings. The van der Waals surface area contributed by atoms with Gasteiger partial charge in [0, 0.05) is 7.11 Å². The van der Waals surface area contributed by atoms with E-state index in [2.05, 4.69) is 15.4 Å². The third-order valence-electron chi connectivity index (χ3n) is 1.30. The van der Waals surface area contributed by atoms with Gasteiger partial charge in [-0.1, -0.05) is 0 Å². The van der Waals surface area contributed by atoms with Crippen molar-refractivity contribution in [3.8, 4) is 0 Å². The Kier molecular flexibility index (Phi) is 5.82. The van der Waals surface area contributed by atoms with Crippen LogP contribution < -0.4 is 10.6 Å². The smallest absolute Gasteiger partial charge is 0.328 e. The summed E-state index contributed by atoms with van der Waals surface area (Å²) in [6.45, 7) is 0.0539. The van der Waals surface area contributed by atoms with Gasteiger partial charge in [0.15, 0.2) is 6.04 Å². The number of likely N-dealkylation sites (N-methyl/N-ethyl adjacent to an activating group) is 1. The van der Waals surface area contributed by atoms with Gasteiger partial charge in [-0.05, 0) is 7.05 Å². The van der Waals surface area contributed by atoms with Crippen LogP contribution in [0.4, 0.5) is 0 Å². The molecule has 0 bridgehead atoms. The molecule has 3 N–H and O–H groups in total. The van der Waals surface area contributed by atoms with Crippen LogP contribution in [-0.4, -0.2) is 50.3 Å². The van der Waals surface area contributed by atoms with Crippen molar-refractivity contribution >= 4 is 11.9 Å². The molecule has 13 heavy (non-hydrogen) atoms. The lowest BCUT2D eigenvalue weighted by Gasteiger charge is -2.12. The van der Waals surface area contributed by atoms with Crippen LogP contribution in [0.2, 0.25) is 0 Å². The maximum atomic E-state index is 10.9. The lowest BCUT2D eigenvalue weighted by Crippen LogP contribution is -2.46. The lowest BCUT2D eigenvalue weighted by atomic mass is 10.3. The number of nitrogens with one attached hydrogen (secondary N) is 2. The normalized spacial score (nSPS) is 12.2. The van der Waals surface area contributed by atoms with E-state index in [0.29, 0.717) is 0 Å². The zero-order valence-electron chi connectivity index (χ0n) is 7.66. The number of ether oxygens (including phenoxy) is 1. The molecule has 6 nitrogen and oxygen atoms in total. The monoisotopic (exact) mass is 190 g/mol. The molecule has 0 aliphatic rings. The number of hydrogen-bond donors (Lipinski definition) is 3. The number of carboxylic acids is 1. The van der Waals surface area contributed by atoms with Gasteiger partial charge in [-0.15, -0.1) is 0 Å². The van der Waals surface area contributed by atoms with Crippen LogP contribution in [-0.2, 0) is 14.3 Å². The number of carbonyl (C=O) groups excluding carboxylic acids is 1. The standard InChI is InChI=1S/C7H14N2O4/c1-8-3-6(10)9-5(4-13-2)7(11)12/h5,8H,3-4H2,1-2H3,(H,9,10)(H,11,12). The third kappa shape index (κ3) is 5.15. The summed E-state index contributed by atoms with van der Waals surface area (Å²) in [6, 6.07) is -0.981. The predicted molar refractivity (Wildman–Crippen MR) is 45.4 cm³/mol. The SMILES string of the molecule is CNCC(=O)NC(COC)C(=O)O. The van der Waals surface area contributed by atoms with Crippen LogP contribution >= 0.6 is 0 Å². The van der Waals surface area contributed by atoms with Crippen LogP contribution in [0, 0.1) is 0 Å². The van der Waals surface area contributed by atoms with Gasteiger partial charge in [0.25, 0.3) is 0 Å². The van der Waals surface area contributed by atoms with E-state index in [-0.39, 0.29) is 19.1 Å². The van der Waals surface area contributed by atoms with E-state index in [0.717, 1.165) is 0 Å². The van der Waals surface area contributed by atoms with Gasteiger partial charge in [-0.25, -0.2) is 4.79 Å². The molecular formula is C7H14N2O4. The summed E-state index contributed by atoms with van der Waals surface area (Å²) in [5, 5.41) is 13.5. The van der Waals surface area contributed by atoms with Crippen molar-refractivity contribution in [1.82, 2.24) is 10.6 Å². The fraction of sp³-hybridized carbons (Fsp3) is 0.714. The number of carboxylic acid groups (broad SMARTS) is 1. The van der Waals surface area contributed by atoms with Crippen LogP contribution in [0.15, 0.2) is 0 Å². The minimum atomic E-state index is -1.11. The molecule has 0 aliphatic heterocycles. The van der Waals surface area contributed by atoms with Gasteiger partial charge in [-0.2, -0.15) is 0 Å². The van der Waals surface area contributed by atoms with Crippen molar-refractivity contribution in [2.75, 3.05) is 27.3 Å². The second-order valence-corrected chi connectivity index (χ2v) is 2.44. The molecule has 0 aromatic heterocycles. The van der Waals surface area contributed by atoms with Crippen molar-refractivity contribution < 1.29 is 19.4 Å². The van der Waals surface area contributed by atoms with Gasteiger partial charge in [0.2, 0.25) is 5.91 Å². The minimum absolute atomic E-state index is 0.0369. The van der Waals surface area contributed by atoms with E-state index in [1.165, 1.54) is 7.11 Å². The average molecular weight is 190 g/mol. The zero-order chi connectivity index (χ0) is 10.3. The highest BCUT2D eigenvalue weighted by molar-refractivity contribution is 5.84. The predicted octanol–water partition coefficient (Wildman–Crippen LogP) is -1.58. The molecule has 1 unspecified atom stereocenters.